The molecule has 1 aromatic heterocycles. The third kappa shape index (κ3) is 2.99. The first-order valence-electron chi connectivity index (χ1n) is 8.10. The Morgan fingerprint density at radius 2 is 1.89 bits per heavy atom. The molecule has 0 aliphatic carbocycles. The second-order valence-electron chi connectivity index (χ2n) is 6.15. The third-order valence-electron chi connectivity index (χ3n) is 4.47. The van der Waals surface area contributed by atoms with Crippen molar-refractivity contribution in [1.29, 1.82) is 0 Å². The molecule has 2 aromatic carbocycles. The van der Waals surface area contributed by atoms with Gasteiger partial charge >= 0.3 is 0 Å². The maximum Gasteiger partial charge on any atom is 0.255 e. The van der Waals surface area contributed by atoms with E-state index in [1.807, 2.05) is 0 Å². The highest BCUT2D eigenvalue weighted by Crippen LogP contribution is 2.35. The summed E-state index contributed by atoms with van der Waals surface area (Å²) in [6.07, 6.45) is 1.59. The Balaban J connectivity index is 1.84. The molecule has 27 heavy (non-hydrogen) atoms. The van der Waals surface area contributed by atoms with Crippen LogP contribution in [0.15, 0.2) is 42.6 Å². The number of benzene rings is 2. The minimum Gasteiger partial charge on any atom is -0.368 e. The van der Waals surface area contributed by atoms with Crippen molar-refractivity contribution < 1.29 is 18.0 Å². The molecule has 0 radical (unpaired) electrons. The number of aromatic nitrogens is 2. The molecule has 1 amide bonds. The highest BCUT2D eigenvalue weighted by Gasteiger charge is 2.29. The van der Waals surface area contributed by atoms with Gasteiger partial charge in [-0.1, -0.05) is 18.2 Å². The number of anilines is 1. The molecule has 2 heterocycles. The van der Waals surface area contributed by atoms with Gasteiger partial charge in [0.2, 0.25) is 5.95 Å². The van der Waals surface area contributed by atoms with E-state index in [0.29, 0.717) is 16.8 Å². The fourth-order valence-electron chi connectivity index (χ4n) is 3.22. The van der Waals surface area contributed by atoms with E-state index in [1.165, 1.54) is 30.5 Å². The summed E-state index contributed by atoms with van der Waals surface area (Å²) >= 11 is 0. The molecule has 1 aliphatic rings. The normalized spacial score (nSPS) is 16.0. The Hall–Kier alpha value is -3.42. The molecule has 3 aromatic rings. The first kappa shape index (κ1) is 17.0. The van der Waals surface area contributed by atoms with Gasteiger partial charge in [-0.15, -0.1) is 0 Å². The van der Waals surface area contributed by atoms with E-state index in [4.69, 9.17) is 5.73 Å². The maximum atomic E-state index is 14.3. The number of nitrogens with two attached hydrogens (primary N) is 1. The van der Waals surface area contributed by atoms with Gasteiger partial charge in [0.25, 0.3) is 5.91 Å². The van der Waals surface area contributed by atoms with Crippen LogP contribution in [0.5, 0.6) is 0 Å². The van der Waals surface area contributed by atoms with Crippen LogP contribution in [-0.4, -0.2) is 15.9 Å². The Kier molecular flexibility index (Phi) is 4.02. The number of nitrogen functional groups attached to an aromatic ring is 1. The van der Waals surface area contributed by atoms with E-state index in [9.17, 15) is 18.0 Å². The quantitative estimate of drug-likeness (QED) is 0.726. The summed E-state index contributed by atoms with van der Waals surface area (Å²) in [7, 11) is 0. The number of nitrogens with zero attached hydrogens (tertiary/aromatic N) is 2. The number of nitrogens with one attached hydrogen (secondary N) is 1. The number of halogens is 3. The van der Waals surface area contributed by atoms with Crippen LogP contribution in [0.25, 0.3) is 11.1 Å². The van der Waals surface area contributed by atoms with Crippen LogP contribution in [0.3, 0.4) is 0 Å². The van der Waals surface area contributed by atoms with Gasteiger partial charge in [0.15, 0.2) is 11.6 Å². The average Bonchev–Trinajstić information content (AvgIpc) is 2.63. The molecule has 0 saturated carbocycles. The van der Waals surface area contributed by atoms with Crippen molar-refractivity contribution in [3.8, 4) is 11.1 Å². The fourth-order valence-corrected chi connectivity index (χ4v) is 3.22. The second kappa shape index (κ2) is 6.39. The molecular formula is C19H13F3N4O. The molecule has 0 bridgehead atoms. The van der Waals surface area contributed by atoms with Gasteiger partial charge in [-0.3, -0.25) is 4.79 Å². The minimum atomic E-state index is -1.08. The summed E-state index contributed by atoms with van der Waals surface area (Å²) < 4.78 is 41.8. The molecule has 5 nitrogen and oxygen atoms in total. The lowest BCUT2D eigenvalue weighted by Gasteiger charge is -2.27. The Morgan fingerprint density at radius 1 is 1.07 bits per heavy atom. The van der Waals surface area contributed by atoms with Gasteiger partial charge in [0.1, 0.15) is 5.82 Å². The van der Waals surface area contributed by atoms with Crippen LogP contribution >= 0.6 is 0 Å². The first-order valence-corrected chi connectivity index (χ1v) is 8.10. The number of hydrogen-bond acceptors (Lipinski definition) is 4. The summed E-state index contributed by atoms with van der Waals surface area (Å²) in [5.41, 5.74) is 6.83. The zero-order valence-electron chi connectivity index (χ0n) is 13.8. The molecule has 136 valence electrons. The number of rotatable bonds is 2. The third-order valence-corrected chi connectivity index (χ3v) is 4.47. The molecule has 4 rings (SSSR count). The van der Waals surface area contributed by atoms with E-state index in [0.717, 1.165) is 12.1 Å². The second-order valence-corrected chi connectivity index (χ2v) is 6.15. The predicted molar refractivity (Wildman–Crippen MR) is 92.1 cm³/mol. The summed E-state index contributed by atoms with van der Waals surface area (Å²) in [6, 6.07) is 6.82. The molecule has 0 saturated heterocycles. The van der Waals surface area contributed by atoms with Crippen molar-refractivity contribution in [1.82, 2.24) is 15.3 Å². The van der Waals surface area contributed by atoms with E-state index >= 15 is 0 Å². The zero-order chi connectivity index (χ0) is 19.1. The van der Waals surface area contributed by atoms with Gasteiger partial charge in [-0.25, -0.2) is 23.1 Å². The van der Waals surface area contributed by atoms with Crippen molar-refractivity contribution in [3.63, 3.8) is 0 Å². The van der Waals surface area contributed by atoms with Crippen molar-refractivity contribution in [2.75, 3.05) is 5.73 Å². The monoisotopic (exact) mass is 370 g/mol. The summed E-state index contributed by atoms with van der Waals surface area (Å²) in [5, 5.41) is 2.77. The lowest BCUT2D eigenvalue weighted by molar-refractivity contribution is 0.0923. The van der Waals surface area contributed by atoms with E-state index in [1.54, 1.807) is 0 Å². The number of fused-ring (bicyclic) bond motifs is 1. The Morgan fingerprint density at radius 3 is 2.70 bits per heavy atom. The minimum absolute atomic E-state index is 0.0257. The Bertz CT molecular complexity index is 1070. The van der Waals surface area contributed by atoms with E-state index < -0.39 is 29.4 Å². The van der Waals surface area contributed by atoms with Crippen LogP contribution in [0.2, 0.25) is 0 Å². The van der Waals surface area contributed by atoms with Crippen LogP contribution in [0.1, 0.15) is 27.7 Å². The van der Waals surface area contributed by atoms with Crippen LogP contribution in [-0.2, 0) is 6.42 Å². The lowest BCUT2D eigenvalue weighted by atomic mass is 9.89. The smallest absolute Gasteiger partial charge is 0.255 e. The van der Waals surface area contributed by atoms with Crippen molar-refractivity contribution in [2.45, 2.75) is 12.5 Å². The Labute approximate surface area is 152 Å². The molecule has 0 fully saturated rings. The topological polar surface area (TPSA) is 80.9 Å². The molecule has 0 spiro atoms. The maximum absolute atomic E-state index is 14.3. The van der Waals surface area contributed by atoms with Gasteiger partial charge in [0.05, 0.1) is 17.3 Å². The number of hydrogen-bond donors (Lipinski definition) is 2. The van der Waals surface area contributed by atoms with Crippen LogP contribution in [0.4, 0.5) is 19.1 Å². The highest BCUT2D eigenvalue weighted by molar-refractivity contribution is 5.96. The number of carbonyl (C=O) groups is 1. The summed E-state index contributed by atoms with van der Waals surface area (Å²) in [5.74, 6) is -3.12. The standard InChI is InChI=1S/C19H13F3N4O/c20-9-4-5-10(12(6-9)11-2-1-3-14(21)17(11)22)15-7-16-13(18(27)25-15)8-24-19(23)26-16/h1-6,8,15H,7H2,(H,25,27)(H2,23,24,26). The lowest BCUT2D eigenvalue weighted by Crippen LogP contribution is -2.36. The molecule has 8 heteroatoms. The molecule has 1 atom stereocenters. The molecule has 3 N–H and O–H groups in total. The molecule has 1 unspecified atom stereocenters. The molecule has 1 aliphatic heterocycles. The van der Waals surface area contributed by atoms with Crippen LogP contribution < -0.4 is 11.1 Å². The van der Waals surface area contributed by atoms with Gasteiger partial charge < -0.3 is 11.1 Å². The van der Waals surface area contributed by atoms with Crippen molar-refractivity contribution in [3.05, 3.63) is 76.9 Å². The predicted octanol–water partition coefficient (Wildman–Crippen LogP) is 3.17. The van der Waals surface area contributed by atoms with Gasteiger partial charge in [-0.05, 0) is 29.3 Å². The van der Waals surface area contributed by atoms with E-state index in [2.05, 4.69) is 15.3 Å². The molecular weight excluding hydrogens is 357 g/mol. The highest BCUT2D eigenvalue weighted by atomic mass is 19.2. The van der Waals surface area contributed by atoms with Crippen molar-refractivity contribution in [2.24, 2.45) is 0 Å². The van der Waals surface area contributed by atoms with Gasteiger partial charge in [0, 0.05) is 18.2 Å². The average molecular weight is 370 g/mol. The zero-order valence-corrected chi connectivity index (χ0v) is 13.8. The fraction of sp³-hybridized carbons (Fsp3) is 0.105. The SMILES string of the molecule is Nc1ncc2c(n1)CC(c1ccc(F)cc1-c1cccc(F)c1F)NC2=O. The summed E-state index contributed by atoms with van der Waals surface area (Å²) in [4.78, 5) is 20.3. The van der Waals surface area contributed by atoms with Gasteiger partial charge in [-0.2, -0.15) is 0 Å². The largest absolute Gasteiger partial charge is 0.368 e. The summed E-state index contributed by atoms with van der Waals surface area (Å²) in [6.45, 7) is 0. The first-order chi connectivity index (χ1) is 12.9. The number of amides is 1. The van der Waals surface area contributed by atoms with Crippen LogP contribution in [0, 0.1) is 17.5 Å². The van der Waals surface area contributed by atoms with Crippen molar-refractivity contribution >= 4 is 11.9 Å². The van der Waals surface area contributed by atoms with E-state index in [-0.39, 0.29) is 23.5 Å². The number of carbonyl (C=O) groups excluding carboxylic acids is 1.